The second kappa shape index (κ2) is 8.46. The van der Waals surface area contributed by atoms with Crippen LogP contribution in [0.15, 0.2) is 36.7 Å². The SMILES string of the molecule is CCCCNC(=O)c1cc(Nc2ccc(N3CCCC3)cc2)ncn1. The zero-order valence-corrected chi connectivity index (χ0v) is 14.7. The first kappa shape index (κ1) is 17.2. The maximum absolute atomic E-state index is 12.1. The molecule has 0 spiro atoms. The molecule has 1 amide bonds. The first-order valence-corrected chi connectivity index (χ1v) is 8.98. The first-order chi connectivity index (χ1) is 12.3. The Morgan fingerprint density at radius 3 is 2.64 bits per heavy atom. The summed E-state index contributed by atoms with van der Waals surface area (Å²) < 4.78 is 0. The number of nitrogens with zero attached hydrogens (tertiary/aromatic N) is 3. The molecule has 2 aromatic rings. The normalized spacial score (nSPS) is 13.7. The molecule has 0 atom stereocenters. The molecule has 132 valence electrons. The lowest BCUT2D eigenvalue weighted by Crippen LogP contribution is -2.25. The van der Waals surface area contributed by atoms with Crippen molar-refractivity contribution in [3.8, 4) is 0 Å². The molecular weight excluding hydrogens is 314 g/mol. The van der Waals surface area contributed by atoms with Crippen molar-refractivity contribution in [3.05, 3.63) is 42.4 Å². The fraction of sp³-hybridized carbons (Fsp3) is 0.421. The van der Waals surface area contributed by atoms with Gasteiger partial charge in [-0.1, -0.05) is 13.3 Å². The molecule has 1 aliphatic heterocycles. The molecule has 3 rings (SSSR count). The number of carbonyl (C=O) groups excluding carboxylic acids is 1. The summed E-state index contributed by atoms with van der Waals surface area (Å²) in [6, 6.07) is 9.99. The zero-order valence-electron chi connectivity index (χ0n) is 14.7. The second-order valence-corrected chi connectivity index (χ2v) is 6.26. The van der Waals surface area contributed by atoms with Crippen molar-refractivity contribution in [1.29, 1.82) is 0 Å². The van der Waals surface area contributed by atoms with E-state index in [1.165, 1.54) is 24.9 Å². The molecule has 1 aromatic heterocycles. The third kappa shape index (κ3) is 4.68. The summed E-state index contributed by atoms with van der Waals surface area (Å²) in [5.74, 6) is 0.452. The molecule has 6 heteroatoms. The second-order valence-electron chi connectivity index (χ2n) is 6.26. The van der Waals surface area contributed by atoms with E-state index >= 15 is 0 Å². The van der Waals surface area contributed by atoms with Crippen LogP contribution in [0, 0.1) is 0 Å². The Hall–Kier alpha value is -2.63. The van der Waals surface area contributed by atoms with Gasteiger partial charge in [-0.3, -0.25) is 4.79 Å². The summed E-state index contributed by atoms with van der Waals surface area (Å²) in [6.45, 7) is 5.03. The van der Waals surface area contributed by atoms with Crippen molar-refractivity contribution < 1.29 is 4.79 Å². The van der Waals surface area contributed by atoms with Gasteiger partial charge in [0, 0.05) is 37.1 Å². The standard InChI is InChI=1S/C19H25N5O/c1-2-3-10-20-19(25)17-13-18(22-14-21-17)23-15-6-8-16(9-7-15)24-11-4-5-12-24/h6-9,13-14H,2-5,10-12H2,1H3,(H,20,25)(H,21,22,23). The highest BCUT2D eigenvalue weighted by atomic mass is 16.1. The van der Waals surface area contributed by atoms with Crippen LogP contribution in [0.2, 0.25) is 0 Å². The van der Waals surface area contributed by atoms with Crippen molar-refractivity contribution in [1.82, 2.24) is 15.3 Å². The van der Waals surface area contributed by atoms with Crippen LogP contribution in [-0.2, 0) is 0 Å². The van der Waals surface area contributed by atoms with Gasteiger partial charge < -0.3 is 15.5 Å². The molecular formula is C19H25N5O. The first-order valence-electron chi connectivity index (χ1n) is 8.98. The summed E-state index contributed by atoms with van der Waals surface area (Å²) in [7, 11) is 0. The van der Waals surface area contributed by atoms with E-state index in [0.717, 1.165) is 31.6 Å². The van der Waals surface area contributed by atoms with E-state index in [0.29, 0.717) is 18.1 Å². The van der Waals surface area contributed by atoms with Gasteiger partial charge >= 0.3 is 0 Å². The number of unbranched alkanes of at least 4 members (excludes halogenated alkanes) is 1. The number of benzene rings is 1. The Morgan fingerprint density at radius 1 is 1.16 bits per heavy atom. The molecule has 1 aromatic carbocycles. The van der Waals surface area contributed by atoms with E-state index in [9.17, 15) is 4.79 Å². The van der Waals surface area contributed by atoms with Gasteiger partial charge in [-0.15, -0.1) is 0 Å². The fourth-order valence-corrected chi connectivity index (χ4v) is 2.90. The van der Waals surface area contributed by atoms with Crippen molar-refractivity contribution >= 4 is 23.1 Å². The number of amides is 1. The Morgan fingerprint density at radius 2 is 1.92 bits per heavy atom. The van der Waals surface area contributed by atoms with E-state index in [2.05, 4.69) is 44.6 Å². The van der Waals surface area contributed by atoms with E-state index in [4.69, 9.17) is 0 Å². The van der Waals surface area contributed by atoms with Crippen LogP contribution < -0.4 is 15.5 Å². The molecule has 0 bridgehead atoms. The summed E-state index contributed by atoms with van der Waals surface area (Å²) in [5.41, 5.74) is 2.57. The monoisotopic (exact) mass is 339 g/mol. The molecule has 1 saturated heterocycles. The Labute approximate surface area is 148 Å². The summed E-state index contributed by atoms with van der Waals surface area (Å²) in [6.07, 6.45) is 5.96. The highest BCUT2D eigenvalue weighted by molar-refractivity contribution is 5.92. The molecule has 0 unspecified atom stereocenters. The van der Waals surface area contributed by atoms with Gasteiger partial charge in [-0.2, -0.15) is 0 Å². The van der Waals surface area contributed by atoms with Crippen LogP contribution in [0.1, 0.15) is 43.1 Å². The predicted molar refractivity (Wildman–Crippen MR) is 100 cm³/mol. The maximum Gasteiger partial charge on any atom is 0.270 e. The van der Waals surface area contributed by atoms with E-state index in [1.807, 2.05) is 12.1 Å². The lowest BCUT2D eigenvalue weighted by molar-refractivity contribution is 0.0948. The molecule has 6 nitrogen and oxygen atoms in total. The lowest BCUT2D eigenvalue weighted by atomic mass is 10.2. The molecule has 0 radical (unpaired) electrons. The van der Waals surface area contributed by atoms with Crippen molar-refractivity contribution in [2.75, 3.05) is 29.9 Å². The number of nitrogens with one attached hydrogen (secondary N) is 2. The number of aromatic nitrogens is 2. The minimum atomic E-state index is -0.164. The van der Waals surface area contributed by atoms with Crippen LogP contribution >= 0.6 is 0 Å². The summed E-state index contributed by atoms with van der Waals surface area (Å²) in [5, 5.41) is 6.10. The van der Waals surface area contributed by atoms with Crippen molar-refractivity contribution in [2.45, 2.75) is 32.6 Å². The predicted octanol–water partition coefficient (Wildman–Crippen LogP) is 3.35. The van der Waals surface area contributed by atoms with Crippen molar-refractivity contribution in [3.63, 3.8) is 0 Å². The van der Waals surface area contributed by atoms with Gasteiger partial charge in [0.25, 0.3) is 5.91 Å². The lowest BCUT2D eigenvalue weighted by Gasteiger charge is -2.17. The summed E-state index contributed by atoms with van der Waals surface area (Å²) in [4.78, 5) is 22.7. The fourth-order valence-electron chi connectivity index (χ4n) is 2.90. The molecule has 1 aliphatic rings. The smallest absolute Gasteiger partial charge is 0.270 e. The van der Waals surface area contributed by atoms with Crippen LogP contribution in [0.25, 0.3) is 0 Å². The molecule has 0 saturated carbocycles. The minimum absolute atomic E-state index is 0.164. The van der Waals surface area contributed by atoms with Crippen LogP contribution in [0.3, 0.4) is 0 Å². The average molecular weight is 339 g/mol. The van der Waals surface area contributed by atoms with Crippen LogP contribution in [-0.4, -0.2) is 35.5 Å². The number of carbonyl (C=O) groups is 1. The number of hydrogen-bond donors (Lipinski definition) is 2. The average Bonchev–Trinajstić information content (AvgIpc) is 3.17. The van der Waals surface area contributed by atoms with Gasteiger partial charge in [0.2, 0.25) is 0 Å². The third-order valence-corrected chi connectivity index (χ3v) is 4.33. The van der Waals surface area contributed by atoms with Crippen molar-refractivity contribution in [2.24, 2.45) is 0 Å². The molecule has 25 heavy (non-hydrogen) atoms. The Bertz CT molecular complexity index is 695. The van der Waals surface area contributed by atoms with Crippen LogP contribution in [0.5, 0.6) is 0 Å². The van der Waals surface area contributed by atoms with E-state index in [-0.39, 0.29) is 5.91 Å². The summed E-state index contributed by atoms with van der Waals surface area (Å²) >= 11 is 0. The Balaban J connectivity index is 1.62. The zero-order chi connectivity index (χ0) is 17.5. The molecule has 2 N–H and O–H groups in total. The highest BCUT2D eigenvalue weighted by Gasteiger charge is 2.12. The van der Waals surface area contributed by atoms with Crippen LogP contribution in [0.4, 0.5) is 17.2 Å². The maximum atomic E-state index is 12.1. The van der Waals surface area contributed by atoms with Gasteiger partial charge in [-0.05, 0) is 43.5 Å². The topological polar surface area (TPSA) is 70.2 Å². The minimum Gasteiger partial charge on any atom is -0.372 e. The molecule has 0 aliphatic carbocycles. The van der Waals surface area contributed by atoms with Gasteiger partial charge in [0.05, 0.1) is 0 Å². The number of hydrogen-bond acceptors (Lipinski definition) is 5. The molecule has 1 fully saturated rings. The quantitative estimate of drug-likeness (QED) is 0.757. The van der Waals surface area contributed by atoms with E-state index < -0.39 is 0 Å². The van der Waals surface area contributed by atoms with E-state index in [1.54, 1.807) is 6.07 Å². The largest absolute Gasteiger partial charge is 0.372 e. The third-order valence-electron chi connectivity index (χ3n) is 4.33. The van der Waals surface area contributed by atoms with Gasteiger partial charge in [0.15, 0.2) is 0 Å². The highest BCUT2D eigenvalue weighted by Crippen LogP contribution is 2.23. The van der Waals surface area contributed by atoms with Gasteiger partial charge in [-0.25, -0.2) is 9.97 Å². The number of rotatable bonds is 7. The molecule has 2 heterocycles. The van der Waals surface area contributed by atoms with Gasteiger partial charge in [0.1, 0.15) is 17.8 Å². The number of anilines is 3. The Kier molecular flexibility index (Phi) is 5.82.